The van der Waals surface area contributed by atoms with Crippen molar-refractivity contribution in [3.05, 3.63) is 29.8 Å². The van der Waals surface area contributed by atoms with E-state index in [-0.39, 0.29) is 5.84 Å². The van der Waals surface area contributed by atoms with Gasteiger partial charge in [-0.2, -0.15) is 0 Å². The van der Waals surface area contributed by atoms with Gasteiger partial charge in [0, 0.05) is 24.3 Å². The molecule has 0 radical (unpaired) electrons. The summed E-state index contributed by atoms with van der Waals surface area (Å²) in [7, 11) is 0. The monoisotopic (exact) mass is 217 g/mol. The zero-order valence-corrected chi connectivity index (χ0v) is 9.96. The molecule has 1 aliphatic rings. The van der Waals surface area contributed by atoms with Crippen molar-refractivity contribution in [2.75, 3.05) is 18.0 Å². The lowest BCUT2D eigenvalue weighted by Crippen LogP contribution is -2.25. The second-order valence-electron chi connectivity index (χ2n) is 5.27. The molecule has 0 unspecified atom stereocenters. The Kier molecular flexibility index (Phi) is 2.62. The summed E-state index contributed by atoms with van der Waals surface area (Å²) in [5, 5.41) is 7.59. The van der Waals surface area contributed by atoms with Crippen LogP contribution in [0, 0.1) is 10.8 Å². The van der Waals surface area contributed by atoms with Crippen molar-refractivity contribution in [1.29, 1.82) is 5.41 Å². The molecule has 1 saturated heterocycles. The van der Waals surface area contributed by atoms with E-state index in [1.54, 1.807) is 0 Å². The first kappa shape index (κ1) is 11.0. The second-order valence-corrected chi connectivity index (χ2v) is 5.27. The van der Waals surface area contributed by atoms with Gasteiger partial charge >= 0.3 is 0 Å². The number of hydrogen-bond acceptors (Lipinski definition) is 2. The highest BCUT2D eigenvalue weighted by atomic mass is 15.2. The first-order valence-corrected chi connectivity index (χ1v) is 5.68. The van der Waals surface area contributed by atoms with Gasteiger partial charge in [-0.15, -0.1) is 0 Å². The van der Waals surface area contributed by atoms with E-state index in [1.165, 1.54) is 6.42 Å². The van der Waals surface area contributed by atoms with Gasteiger partial charge in [-0.1, -0.05) is 26.0 Å². The van der Waals surface area contributed by atoms with E-state index < -0.39 is 0 Å². The van der Waals surface area contributed by atoms with Crippen LogP contribution in [0.5, 0.6) is 0 Å². The highest BCUT2D eigenvalue weighted by molar-refractivity contribution is 6.00. The van der Waals surface area contributed by atoms with Crippen LogP contribution in [0.4, 0.5) is 5.69 Å². The number of benzene rings is 1. The van der Waals surface area contributed by atoms with Crippen molar-refractivity contribution in [1.82, 2.24) is 0 Å². The number of hydrogen-bond donors (Lipinski definition) is 2. The largest absolute Gasteiger partial charge is 0.384 e. The van der Waals surface area contributed by atoms with E-state index >= 15 is 0 Å². The van der Waals surface area contributed by atoms with Crippen LogP contribution in [0.3, 0.4) is 0 Å². The van der Waals surface area contributed by atoms with E-state index in [1.807, 2.05) is 18.2 Å². The van der Waals surface area contributed by atoms with Crippen LogP contribution in [0.2, 0.25) is 0 Å². The van der Waals surface area contributed by atoms with Gasteiger partial charge < -0.3 is 10.6 Å². The summed E-state index contributed by atoms with van der Waals surface area (Å²) in [6.07, 6.45) is 1.19. The van der Waals surface area contributed by atoms with Crippen LogP contribution in [0.15, 0.2) is 24.3 Å². The molecule has 3 N–H and O–H groups in total. The maximum atomic E-state index is 7.59. The van der Waals surface area contributed by atoms with Crippen LogP contribution in [0.25, 0.3) is 0 Å². The van der Waals surface area contributed by atoms with Crippen LogP contribution < -0.4 is 10.6 Å². The Labute approximate surface area is 96.8 Å². The Morgan fingerprint density at radius 2 is 2.06 bits per heavy atom. The average molecular weight is 217 g/mol. The highest BCUT2D eigenvalue weighted by Gasteiger charge is 2.30. The standard InChI is InChI=1S/C13H19N3/c1-13(2)7-8-16(9-13)11-6-4-3-5-10(11)12(14)15/h3-6H,7-9H2,1-2H3,(H3,14,15). The molecule has 3 heteroatoms. The quantitative estimate of drug-likeness (QED) is 0.589. The summed E-state index contributed by atoms with van der Waals surface area (Å²) in [6, 6.07) is 7.91. The molecule has 0 spiro atoms. The van der Waals surface area contributed by atoms with Crippen molar-refractivity contribution in [2.45, 2.75) is 20.3 Å². The molecule has 1 fully saturated rings. The number of para-hydroxylation sites is 1. The van der Waals surface area contributed by atoms with E-state index in [4.69, 9.17) is 11.1 Å². The van der Waals surface area contributed by atoms with Gasteiger partial charge in [-0.3, -0.25) is 5.41 Å². The Balaban J connectivity index is 2.31. The maximum Gasteiger partial charge on any atom is 0.124 e. The molecule has 1 heterocycles. The number of rotatable bonds is 2. The third-order valence-corrected chi connectivity index (χ3v) is 3.21. The van der Waals surface area contributed by atoms with E-state index in [0.717, 1.165) is 24.3 Å². The van der Waals surface area contributed by atoms with Gasteiger partial charge in [0.05, 0.1) is 0 Å². The van der Waals surface area contributed by atoms with Gasteiger partial charge in [0.2, 0.25) is 0 Å². The van der Waals surface area contributed by atoms with Gasteiger partial charge in [0.1, 0.15) is 5.84 Å². The average Bonchev–Trinajstić information content (AvgIpc) is 2.59. The first-order chi connectivity index (χ1) is 7.49. The summed E-state index contributed by atoms with van der Waals surface area (Å²) in [5.41, 5.74) is 7.92. The fraction of sp³-hybridized carbons (Fsp3) is 0.462. The van der Waals surface area contributed by atoms with Crippen LogP contribution in [-0.4, -0.2) is 18.9 Å². The molecule has 0 bridgehead atoms. The number of nitrogens with two attached hydrogens (primary N) is 1. The van der Waals surface area contributed by atoms with Crippen molar-refractivity contribution in [2.24, 2.45) is 11.1 Å². The molecule has 1 aromatic rings. The van der Waals surface area contributed by atoms with Crippen molar-refractivity contribution in [3.63, 3.8) is 0 Å². The smallest absolute Gasteiger partial charge is 0.124 e. The lowest BCUT2D eigenvalue weighted by molar-refractivity contribution is 0.418. The minimum Gasteiger partial charge on any atom is -0.384 e. The molecule has 86 valence electrons. The van der Waals surface area contributed by atoms with Gasteiger partial charge in [-0.25, -0.2) is 0 Å². The van der Waals surface area contributed by atoms with Crippen molar-refractivity contribution < 1.29 is 0 Å². The lowest BCUT2D eigenvalue weighted by atomic mass is 9.93. The van der Waals surface area contributed by atoms with E-state index in [0.29, 0.717) is 5.41 Å². The van der Waals surface area contributed by atoms with Crippen LogP contribution in [0.1, 0.15) is 25.8 Å². The zero-order valence-electron chi connectivity index (χ0n) is 9.96. The molecule has 0 saturated carbocycles. The summed E-state index contributed by atoms with van der Waals surface area (Å²) in [5.74, 6) is 0.153. The third kappa shape index (κ3) is 2.03. The Morgan fingerprint density at radius 3 is 2.62 bits per heavy atom. The molecular formula is C13H19N3. The maximum absolute atomic E-state index is 7.59. The molecule has 0 atom stereocenters. The molecule has 16 heavy (non-hydrogen) atoms. The third-order valence-electron chi connectivity index (χ3n) is 3.21. The first-order valence-electron chi connectivity index (χ1n) is 5.68. The summed E-state index contributed by atoms with van der Waals surface area (Å²) in [6.45, 7) is 6.65. The molecule has 2 rings (SSSR count). The number of nitrogen functional groups attached to an aromatic ring is 1. The predicted molar refractivity (Wildman–Crippen MR) is 68.1 cm³/mol. The van der Waals surface area contributed by atoms with Crippen LogP contribution >= 0.6 is 0 Å². The highest BCUT2D eigenvalue weighted by Crippen LogP contribution is 2.33. The normalized spacial score (nSPS) is 18.8. The Bertz CT molecular complexity index is 409. The predicted octanol–water partition coefficient (Wildman–Crippen LogP) is 2.21. The topological polar surface area (TPSA) is 53.1 Å². The lowest BCUT2D eigenvalue weighted by Gasteiger charge is -2.23. The molecule has 1 aromatic carbocycles. The zero-order chi connectivity index (χ0) is 11.8. The Hall–Kier alpha value is -1.51. The second kappa shape index (κ2) is 3.81. The number of nitrogens with one attached hydrogen (secondary N) is 1. The SMILES string of the molecule is CC1(C)CCN(c2ccccc2C(=N)N)C1. The summed E-state index contributed by atoms with van der Waals surface area (Å²) >= 11 is 0. The minimum absolute atomic E-state index is 0.153. The molecule has 1 aliphatic heterocycles. The summed E-state index contributed by atoms with van der Waals surface area (Å²) < 4.78 is 0. The molecule has 0 aromatic heterocycles. The van der Waals surface area contributed by atoms with Gasteiger partial charge in [-0.05, 0) is 24.0 Å². The van der Waals surface area contributed by atoms with Gasteiger partial charge in [0.25, 0.3) is 0 Å². The van der Waals surface area contributed by atoms with Gasteiger partial charge in [0.15, 0.2) is 0 Å². The Morgan fingerprint density at radius 1 is 1.38 bits per heavy atom. The van der Waals surface area contributed by atoms with E-state index in [2.05, 4.69) is 24.8 Å². The molecule has 0 amide bonds. The fourth-order valence-corrected chi connectivity index (χ4v) is 2.30. The molecular weight excluding hydrogens is 198 g/mol. The molecule has 0 aliphatic carbocycles. The van der Waals surface area contributed by atoms with Crippen molar-refractivity contribution >= 4 is 11.5 Å². The minimum atomic E-state index is 0.153. The number of nitrogens with zero attached hydrogens (tertiary/aromatic N) is 1. The van der Waals surface area contributed by atoms with E-state index in [9.17, 15) is 0 Å². The van der Waals surface area contributed by atoms with Crippen LogP contribution in [-0.2, 0) is 0 Å². The summed E-state index contributed by atoms with van der Waals surface area (Å²) in [4.78, 5) is 2.33. The number of amidine groups is 1. The van der Waals surface area contributed by atoms with Crippen molar-refractivity contribution in [3.8, 4) is 0 Å². The molecule has 3 nitrogen and oxygen atoms in total. The number of anilines is 1. The fourth-order valence-electron chi connectivity index (χ4n) is 2.30.